The second-order valence-electron chi connectivity index (χ2n) is 6.31. The quantitative estimate of drug-likeness (QED) is 0.773. The second kappa shape index (κ2) is 7.41. The average molecular weight is 340 g/mol. The molecule has 0 N–H and O–H groups in total. The molecule has 0 fully saturated rings. The highest BCUT2D eigenvalue weighted by Gasteiger charge is 2.29. The molecule has 126 valence electrons. The Labute approximate surface area is 148 Å². The van der Waals surface area contributed by atoms with E-state index in [9.17, 15) is 4.79 Å². The molecule has 0 aliphatic carbocycles. The van der Waals surface area contributed by atoms with Crippen LogP contribution in [0.5, 0.6) is 0 Å². The molecular formula is C20H24N2OS. The molecule has 1 heterocycles. The fourth-order valence-corrected chi connectivity index (χ4v) is 3.55. The molecule has 0 radical (unpaired) electrons. The molecule has 3 nitrogen and oxygen atoms in total. The first-order valence-corrected chi connectivity index (χ1v) is 9.55. The van der Waals surface area contributed by atoms with Gasteiger partial charge in [-0.1, -0.05) is 30.3 Å². The third-order valence-corrected chi connectivity index (χ3v) is 5.51. The van der Waals surface area contributed by atoms with E-state index >= 15 is 0 Å². The van der Waals surface area contributed by atoms with Crippen molar-refractivity contribution in [2.24, 2.45) is 0 Å². The fraction of sp³-hybridized carbons (Fsp3) is 0.350. The van der Waals surface area contributed by atoms with E-state index in [-0.39, 0.29) is 11.9 Å². The molecule has 1 aliphatic rings. The summed E-state index contributed by atoms with van der Waals surface area (Å²) in [5.74, 6) is 0.184. The fourth-order valence-electron chi connectivity index (χ4n) is 3.14. The number of thioether (sulfide) groups is 1. The first kappa shape index (κ1) is 17.1. The lowest BCUT2D eigenvalue weighted by molar-refractivity contribution is -0.122. The van der Waals surface area contributed by atoms with Crippen LogP contribution < -0.4 is 4.90 Å². The number of amides is 1. The molecule has 1 aliphatic heterocycles. The summed E-state index contributed by atoms with van der Waals surface area (Å²) >= 11 is 1.74. The van der Waals surface area contributed by atoms with Gasteiger partial charge in [-0.3, -0.25) is 9.69 Å². The number of benzene rings is 2. The molecule has 1 atom stereocenters. The van der Waals surface area contributed by atoms with Crippen LogP contribution in [0.4, 0.5) is 5.69 Å². The SMILES string of the molecule is CSc1ccc(CN(C)C(C)C(=O)N2CCc3ccccc32)cc1. The smallest absolute Gasteiger partial charge is 0.244 e. The van der Waals surface area contributed by atoms with E-state index in [4.69, 9.17) is 0 Å². The van der Waals surface area contributed by atoms with Crippen LogP contribution in [-0.2, 0) is 17.8 Å². The predicted octanol–water partition coefficient (Wildman–Crippen LogP) is 3.82. The normalized spacial score (nSPS) is 14.8. The topological polar surface area (TPSA) is 23.6 Å². The van der Waals surface area contributed by atoms with Gasteiger partial charge in [-0.05, 0) is 56.0 Å². The molecule has 24 heavy (non-hydrogen) atoms. The van der Waals surface area contributed by atoms with Gasteiger partial charge in [0.15, 0.2) is 0 Å². The monoisotopic (exact) mass is 340 g/mol. The Bertz CT molecular complexity index is 714. The highest BCUT2D eigenvalue weighted by molar-refractivity contribution is 7.98. The molecule has 4 heteroatoms. The molecule has 1 unspecified atom stereocenters. The number of para-hydroxylation sites is 1. The van der Waals surface area contributed by atoms with Crippen molar-refractivity contribution in [1.82, 2.24) is 4.90 Å². The summed E-state index contributed by atoms with van der Waals surface area (Å²) in [5, 5.41) is 0. The summed E-state index contributed by atoms with van der Waals surface area (Å²) in [6.07, 6.45) is 3.03. The zero-order valence-electron chi connectivity index (χ0n) is 14.5. The molecule has 1 amide bonds. The molecule has 2 aromatic carbocycles. The van der Waals surface area contributed by atoms with Gasteiger partial charge in [0.05, 0.1) is 6.04 Å². The van der Waals surface area contributed by atoms with Crippen LogP contribution in [-0.4, -0.2) is 36.7 Å². The average Bonchev–Trinajstić information content (AvgIpc) is 3.05. The van der Waals surface area contributed by atoms with Crippen LogP contribution in [0.1, 0.15) is 18.1 Å². The minimum Gasteiger partial charge on any atom is -0.310 e. The van der Waals surface area contributed by atoms with Gasteiger partial charge in [0, 0.05) is 23.7 Å². The Morgan fingerprint density at radius 3 is 2.62 bits per heavy atom. The van der Waals surface area contributed by atoms with Crippen LogP contribution in [0.25, 0.3) is 0 Å². The lowest BCUT2D eigenvalue weighted by Crippen LogP contribution is -2.45. The summed E-state index contributed by atoms with van der Waals surface area (Å²) in [4.78, 5) is 18.2. The first-order valence-electron chi connectivity index (χ1n) is 8.32. The van der Waals surface area contributed by atoms with E-state index in [2.05, 4.69) is 41.5 Å². The Balaban J connectivity index is 1.67. The number of hydrogen-bond donors (Lipinski definition) is 0. The Morgan fingerprint density at radius 2 is 1.92 bits per heavy atom. The Hall–Kier alpha value is -1.78. The van der Waals surface area contributed by atoms with Crippen molar-refractivity contribution in [3.05, 3.63) is 59.7 Å². The van der Waals surface area contributed by atoms with Crippen molar-refractivity contribution >= 4 is 23.4 Å². The number of likely N-dealkylation sites (N-methyl/N-ethyl adjacent to an activating group) is 1. The van der Waals surface area contributed by atoms with Crippen molar-refractivity contribution < 1.29 is 4.79 Å². The van der Waals surface area contributed by atoms with Crippen molar-refractivity contribution in [3.63, 3.8) is 0 Å². The number of carbonyl (C=O) groups excluding carboxylic acids is 1. The third-order valence-electron chi connectivity index (χ3n) is 4.76. The molecule has 0 spiro atoms. The van der Waals surface area contributed by atoms with Gasteiger partial charge in [-0.25, -0.2) is 0 Å². The summed E-state index contributed by atoms with van der Waals surface area (Å²) in [5.41, 5.74) is 3.58. The van der Waals surface area contributed by atoms with E-state index in [0.717, 1.165) is 25.2 Å². The van der Waals surface area contributed by atoms with E-state index in [1.165, 1.54) is 16.0 Å². The number of hydrogen-bond acceptors (Lipinski definition) is 3. The number of anilines is 1. The van der Waals surface area contributed by atoms with Gasteiger partial charge in [-0.15, -0.1) is 11.8 Å². The summed E-state index contributed by atoms with van der Waals surface area (Å²) < 4.78 is 0. The van der Waals surface area contributed by atoms with Crippen LogP contribution in [0, 0.1) is 0 Å². The second-order valence-corrected chi connectivity index (χ2v) is 7.19. The predicted molar refractivity (Wildman–Crippen MR) is 102 cm³/mol. The van der Waals surface area contributed by atoms with Crippen LogP contribution >= 0.6 is 11.8 Å². The van der Waals surface area contributed by atoms with Crippen molar-refractivity contribution in [2.75, 3.05) is 24.7 Å². The number of carbonyl (C=O) groups is 1. The van der Waals surface area contributed by atoms with Crippen LogP contribution in [0.3, 0.4) is 0 Å². The van der Waals surface area contributed by atoms with Gasteiger partial charge >= 0.3 is 0 Å². The number of rotatable bonds is 5. The molecule has 0 saturated heterocycles. The largest absolute Gasteiger partial charge is 0.310 e. The van der Waals surface area contributed by atoms with Crippen molar-refractivity contribution in [3.8, 4) is 0 Å². The minimum atomic E-state index is -0.142. The molecular weight excluding hydrogens is 316 g/mol. The van der Waals surface area contributed by atoms with E-state index in [0.29, 0.717) is 0 Å². The lowest BCUT2D eigenvalue weighted by Gasteiger charge is -2.28. The molecule has 3 rings (SSSR count). The summed E-state index contributed by atoms with van der Waals surface area (Å²) in [6, 6.07) is 16.6. The summed E-state index contributed by atoms with van der Waals surface area (Å²) in [7, 11) is 2.02. The first-order chi connectivity index (χ1) is 11.6. The van der Waals surface area contributed by atoms with Crippen molar-refractivity contribution in [1.29, 1.82) is 0 Å². The van der Waals surface area contributed by atoms with Gasteiger partial charge < -0.3 is 4.90 Å². The number of nitrogens with zero attached hydrogens (tertiary/aromatic N) is 2. The lowest BCUT2D eigenvalue weighted by atomic mass is 10.1. The zero-order valence-corrected chi connectivity index (χ0v) is 15.3. The van der Waals surface area contributed by atoms with Gasteiger partial charge in [0.25, 0.3) is 0 Å². The zero-order chi connectivity index (χ0) is 17.1. The maximum atomic E-state index is 12.9. The van der Waals surface area contributed by atoms with Crippen LogP contribution in [0.15, 0.2) is 53.4 Å². The van der Waals surface area contributed by atoms with Gasteiger partial charge in [0.2, 0.25) is 5.91 Å². The molecule has 0 bridgehead atoms. The number of fused-ring (bicyclic) bond motifs is 1. The molecule has 2 aromatic rings. The summed E-state index contributed by atoms with van der Waals surface area (Å²) in [6.45, 7) is 3.56. The molecule has 0 saturated carbocycles. The highest BCUT2D eigenvalue weighted by Crippen LogP contribution is 2.28. The molecule has 0 aromatic heterocycles. The Morgan fingerprint density at radius 1 is 1.21 bits per heavy atom. The van der Waals surface area contributed by atoms with Crippen LogP contribution in [0.2, 0.25) is 0 Å². The maximum Gasteiger partial charge on any atom is 0.244 e. The minimum absolute atomic E-state index is 0.142. The standard InChI is InChI=1S/C20H24N2OS/c1-15(21(2)14-16-8-10-18(24-3)11-9-16)20(23)22-13-12-17-6-4-5-7-19(17)22/h4-11,15H,12-14H2,1-3H3. The maximum absolute atomic E-state index is 12.9. The van der Waals surface area contributed by atoms with Crippen molar-refractivity contribution in [2.45, 2.75) is 30.8 Å². The Kier molecular flexibility index (Phi) is 5.27. The van der Waals surface area contributed by atoms with E-state index in [1.54, 1.807) is 11.8 Å². The van der Waals surface area contributed by atoms with Gasteiger partial charge in [-0.2, -0.15) is 0 Å². The highest BCUT2D eigenvalue weighted by atomic mass is 32.2. The van der Waals surface area contributed by atoms with E-state index in [1.807, 2.05) is 37.1 Å². The van der Waals surface area contributed by atoms with Gasteiger partial charge in [0.1, 0.15) is 0 Å². The van der Waals surface area contributed by atoms with E-state index < -0.39 is 0 Å². The third kappa shape index (κ3) is 3.50.